The maximum atomic E-state index is 5.87. The molecule has 0 saturated carbocycles. The largest absolute Gasteiger partial charge is 0.426 e. The number of aromatic nitrogens is 2. The van der Waals surface area contributed by atoms with Gasteiger partial charge >= 0.3 is 0 Å². The van der Waals surface area contributed by atoms with Crippen molar-refractivity contribution in [2.24, 2.45) is 0 Å². The molecular weight excluding hydrogens is 334 g/mol. The van der Waals surface area contributed by atoms with Gasteiger partial charge in [-0.05, 0) is 62.2 Å². The lowest BCUT2D eigenvalue weighted by molar-refractivity contribution is 0.268. The fourth-order valence-corrected chi connectivity index (χ4v) is 3.20. The molecule has 0 bridgehead atoms. The van der Waals surface area contributed by atoms with Crippen LogP contribution in [-0.4, -0.2) is 34.5 Å². The number of unbranched alkanes of at least 4 members (excludes halogenated alkanes) is 2. The van der Waals surface area contributed by atoms with Crippen molar-refractivity contribution in [2.45, 2.75) is 46.0 Å². The van der Waals surface area contributed by atoms with Gasteiger partial charge < -0.3 is 14.6 Å². The molecule has 0 radical (unpaired) electrons. The molecule has 3 aromatic rings. The molecule has 0 unspecified atom stereocenters. The zero-order chi connectivity index (χ0) is 18.9. The Hall–Kier alpha value is -2.33. The molecule has 2 aromatic carbocycles. The van der Waals surface area contributed by atoms with Crippen molar-refractivity contribution in [3.8, 4) is 11.8 Å². The van der Waals surface area contributed by atoms with E-state index in [0.29, 0.717) is 6.01 Å². The number of nitrogens with one attached hydrogen (secondary N) is 1. The molecule has 4 nitrogen and oxygen atoms in total. The van der Waals surface area contributed by atoms with E-state index in [1.165, 1.54) is 44.3 Å². The summed E-state index contributed by atoms with van der Waals surface area (Å²) >= 11 is 0. The molecule has 144 valence electrons. The van der Waals surface area contributed by atoms with Gasteiger partial charge in [-0.3, -0.25) is 0 Å². The third-order valence-corrected chi connectivity index (χ3v) is 4.88. The summed E-state index contributed by atoms with van der Waals surface area (Å²) in [6.45, 7) is 8.08. The van der Waals surface area contributed by atoms with Crippen molar-refractivity contribution in [1.82, 2.24) is 14.9 Å². The van der Waals surface area contributed by atoms with Gasteiger partial charge in [-0.1, -0.05) is 51.0 Å². The third-order valence-electron chi connectivity index (χ3n) is 4.88. The molecule has 1 aromatic heterocycles. The quantitative estimate of drug-likeness (QED) is 0.467. The second-order valence-electron chi connectivity index (χ2n) is 7.10. The Balaban J connectivity index is 1.54. The molecule has 0 fully saturated rings. The summed E-state index contributed by atoms with van der Waals surface area (Å²) in [5.41, 5.74) is 3.26. The van der Waals surface area contributed by atoms with Gasteiger partial charge in [0.1, 0.15) is 5.75 Å². The Bertz CT molecular complexity index is 769. The number of rotatable bonds is 11. The third kappa shape index (κ3) is 5.83. The van der Waals surface area contributed by atoms with Crippen LogP contribution in [0.25, 0.3) is 11.0 Å². The lowest BCUT2D eigenvalue weighted by atomic mass is 10.1. The fraction of sp³-hybridized carbons (Fsp3) is 0.435. The summed E-state index contributed by atoms with van der Waals surface area (Å²) in [5, 5.41) is 0. The summed E-state index contributed by atoms with van der Waals surface area (Å²) in [4.78, 5) is 10.3. The molecule has 3 rings (SSSR count). The van der Waals surface area contributed by atoms with Crippen LogP contribution in [0.4, 0.5) is 0 Å². The minimum absolute atomic E-state index is 0.536. The Kier molecular flexibility index (Phi) is 7.28. The molecule has 0 saturated heterocycles. The van der Waals surface area contributed by atoms with Crippen LogP contribution in [0, 0.1) is 0 Å². The maximum Gasteiger partial charge on any atom is 0.300 e. The lowest BCUT2D eigenvalue weighted by Gasteiger charge is -2.22. The molecule has 1 heterocycles. The minimum Gasteiger partial charge on any atom is -0.426 e. The smallest absolute Gasteiger partial charge is 0.300 e. The Labute approximate surface area is 162 Å². The first kappa shape index (κ1) is 19.4. The van der Waals surface area contributed by atoms with Crippen LogP contribution in [0.3, 0.4) is 0 Å². The van der Waals surface area contributed by atoms with Crippen LogP contribution in [0.5, 0.6) is 11.8 Å². The van der Waals surface area contributed by atoms with Crippen molar-refractivity contribution in [3.63, 3.8) is 0 Å². The highest BCUT2D eigenvalue weighted by atomic mass is 16.5. The first-order valence-electron chi connectivity index (χ1n) is 10.2. The number of nitrogens with zero attached hydrogens (tertiary/aromatic N) is 2. The van der Waals surface area contributed by atoms with Crippen LogP contribution < -0.4 is 4.74 Å². The molecule has 0 aliphatic carbocycles. The van der Waals surface area contributed by atoms with Gasteiger partial charge in [0, 0.05) is 6.54 Å². The molecule has 0 aliphatic rings. The van der Waals surface area contributed by atoms with Crippen LogP contribution in [-0.2, 0) is 6.42 Å². The number of hydrogen-bond acceptors (Lipinski definition) is 3. The van der Waals surface area contributed by atoms with E-state index < -0.39 is 0 Å². The van der Waals surface area contributed by atoms with E-state index in [0.717, 1.165) is 29.7 Å². The van der Waals surface area contributed by atoms with Crippen molar-refractivity contribution in [3.05, 3.63) is 54.1 Å². The highest BCUT2D eigenvalue weighted by molar-refractivity contribution is 5.75. The van der Waals surface area contributed by atoms with Crippen molar-refractivity contribution >= 4 is 11.0 Å². The molecule has 0 amide bonds. The van der Waals surface area contributed by atoms with E-state index in [9.17, 15) is 0 Å². The van der Waals surface area contributed by atoms with Gasteiger partial charge in [-0.15, -0.1) is 0 Å². The summed E-state index contributed by atoms with van der Waals surface area (Å²) in [6, 6.07) is 16.9. The van der Waals surface area contributed by atoms with E-state index in [2.05, 4.69) is 40.8 Å². The number of fused-ring (bicyclic) bond motifs is 1. The number of aromatic amines is 1. The Morgan fingerprint density at radius 1 is 0.889 bits per heavy atom. The number of imidazole rings is 1. The van der Waals surface area contributed by atoms with Gasteiger partial charge in [0.25, 0.3) is 6.01 Å². The van der Waals surface area contributed by atoms with Gasteiger partial charge in [0.15, 0.2) is 0 Å². The van der Waals surface area contributed by atoms with Crippen LogP contribution >= 0.6 is 0 Å². The highest BCUT2D eigenvalue weighted by Gasteiger charge is 2.06. The summed E-state index contributed by atoms with van der Waals surface area (Å²) in [6.07, 6.45) is 6.17. The molecule has 27 heavy (non-hydrogen) atoms. The van der Waals surface area contributed by atoms with E-state index >= 15 is 0 Å². The zero-order valence-electron chi connectivity index (χ0n) is 16.6. The normalized spacial score (nSPS) is 11.4. The monoisotopic (exact) mass is 365 g/mol. The second-order valence-corrected chi connectivity index (χ2v) is 7.10. The minimum atomic E-state index is 0.536. The molecular formula is C23H31N3O. The topological polar surface area (TPSA) is 41.1 Å². The predicted octanol–water partition coefficient (Wildman–Crippen LogP) is 5.80. The van der Waals surface area contributed by atoms with Gasteiger partial charge in [-0.25, -0.2) is 0 Å². The van der Waals surface area contributed by atoms with Crippen LogP contribution in [0.15, 0.2) is 48.5 Å². The molecule has 1 N–H and O–H groups in total. The zero-order valence-corrected chi connectivity index (χ0v) is 16.6. The maximum absolute atomic E-state index is 5.87. The molecule has 0 atom stereocenters. The van der Waals surface area contributed by atoms with Crippen LogP contribution in [0.1, 0.15) is 45.1 Å². The highest BCUT2D eigenvalue weighted by Crippen LogP contribution is 2.22. The molecule has 0 aliphatic heterocycles. The van der Waals surface area contributed by atoms with Crippen LogP contribution in [0.2, 0.25) is 0 Å². The van der Waals surface area contributed by atoms with Gasteiger partial charge in [0.05, 0.1) is 11.0 Å². The van der Waals surface area contributed by atoms with E-state index in [1.807, 2.05) is 36.4 Å². The Morgan fingerprint density at radius 2 is 1.59 bits per heavy atom. The van der Waals surface area contributed by atoms with Crippen molar-refractivity contribution in [2.75, 3.05) is 19.6 Å². The number of hydrogen-bond donors (Lipinski definition) is 1. The van der Waals surface area contributed by atoms with E-state index in [1.54, 1.807) is 0 Å². The first-order valence-corrected chi connectivity index (χ1v) is 10.2. The Morgan fingerprint density at radius 3 is 2.26 bits per heavy atom. The number of benzene rings is 2. The second kappa shape index (κ2) is 10.1. The fourth-order valence-electron chi connectivity index (χ4n) is 3.20. The van der Waals surface area contributed by atoms with Crippen molar-refractivity contribution in [1.29, 1.82) is 0 Å². The lowest BCUT2D eigenvalue weighted by Crippen LogP contribution is -2.28. The molecule has 4 heteroatoms. The summed E-state index contributed by atoms with van der Waals surface area (Å²) in [5.74, 6) is 0.812. The number of para-hydroxylation sites is 2. The standard InChI is InChI=1S/C23H31N3O/c1-3-5-16-26(17-6-4-2)18-15-19-11-13-20(14-12-19)27-23-24-21-9-7-8-10-22(21)25-23/h7-14H,3-6,15-18H2,1-2H3,(H,24,25). The van der Waals surface area contributed by atoms with Crippen molar-refractivity contribution < 1.29 is 4.74 Å². The van der Waals surface area contributed by atoms with Gasteiger partial charge in [0.2, 0.25) is 0 Å². The number of ether oxygens (including phenoxy) is 1. The van der Waals surface area contributed by atoms with E-state index in [-0.39, 0.29) is 0 Å². The summed E-state index contributed by atoms with van der Waals surface area (Å²) < 4.78 is 5.87. The molecule has 0 spiro atoms. The first-order chi connectivity index (χ1) is 13.3. The number of H-pyrrole nitrogens is 1. The van der Waals surface area contributed by atoms with E-state index in [4.69, 9.17) is 4.74 Å². The predicted molar refractivity (Wildman–Crippen MR) is 113 cm³/mol. The summed E-state index contributed by atoms with van der Waals surface area (Å²) in [7, 11) is 0. The van der Waals surface area contributed by atoms with Gasteiger partial charge in [-0.2, -0.15) is 4.98 Å². The SMILES string of the molecule is CCCCN(CCCC)CCc1ccc(Oc2nc3ccccc3[nH]2)cc1. The average Bonchev–Trinajstić information content (AvgIpc) is 3.11. The average molecular weight is 366 g/mol.